The maximum Gasteiger partial charge on any atom is 0.306 e. The van der Waals surface area contributed by atoms with E-state index >= 15 is 0 Å². The number of nitrogens with one attached hydrogen (secondary N) is 1. The van der Waals surface area contributed by atoms with Crippen LogP contribution in [0, 0.1) is 26.7 Å². The van der Waals surface area contributed by atoms with Crippen LogP contribution in [0.5, 0.6) is 0 Å². The van der Waals surface area contributed by atoms with Crippen molar-refractivity contribution in [2.75, 3.05) is 0 Å². The van der Waals surface area contributed by atoms with Gasteiger partial charge in [0.25, 0.3) is 5.91 Å². The number of hydrogen-bond acceptors (Lipinski definition) is 4. The van der Waals surface area contributed by atoms with E-state index in [1.807, 2.05) is 37.5 Å². The number of aliphatic carboxylic acids is 1. The zero-order valence-electron chi connectivity index (χ0n) is 14.7. The van der Waals surface area contributed by atoms with E-state index in [1.54, 1.807) is 0 Å². The summed E-state index contributed by atoms with van der Waals surface area (Å²) in [4.78, 5) is 23.7. The van der Waals surface area contributed by atoms with Gasteiger partial charge in [-0.3, -0.25) is 14.2 Å². The normalized spacial score (nSPS) is 20.4. The molecule has 1 aliphatic rings. The van der Waals surface area contributed by atoms with Crippen molar-refractivity contribution < 1.29 is 19.2 Å². The van der Waals surface area contributed by atoms with Gasteiger partial charge >= 0.3 is 5.97 Å². The number of aryl methyl sites for hydroxylation is 2. The second-order valence-electron chi connectivity index (χ2n) is 6.78. The number of carbonyl (C=O) groups is 2. The predicted octanol–water partition coefficient (Wildman–Crippen LogP) is 2.76. The number of rotatable bonds is 4. The van der Waals surface area contributed by atoms with Crippen LogP contribution < -0.4 is 5.32 Å². The van der Waals surface area contributed by atoms with Gasteiger partial charge in [-0.15, -0.1) is 0 Å². The molecule has 0 aliphatic heterocycles. The van der Waals surface area contributed by atoms with Crippen LogP contribution in [-0.4, -0.2) is 32.7 Å². The lowest BCUT2D eigenvalue weighted by Crippen LogP contribution is -2.38. The fourth-order valence-corrected chi connectivity index (χ4v) is 3.55. The molecule has 3 rings (SSSR count). The van der Waals surface area contributed by atoms with E-state index < -0.39 is 5.97 Å². The molecule has 0 atom stereocenters. The lowest BCUT2D eigenvalue weighted by molar-refractivity contribution is -0.142. The minimum absolute atomic E-state index is 0.0282. The molecule has 1 fully saturated rings. The molecule has 2 heterocycles. The zero-order valence-corrected chi connectivity index (χ0v) is 14.7. The number of hydrogen-bond donors (Lipinski definition) is 2. The molecule has 0 aromatic carbocycles. The highest BCUT2D eigenvalue weighted by Gasteiger charge is 2.28. The van der Waals surface area contributed by atoms with Crippen LogP contribution in [0.4, 0.5) is 0 Å². The Labute approximate surface area is 146 Å². The molecule has 1 amide bonds. The first-order valence-electron chi connectivity index (χ1n) is 8.53. The average molecular weight is 345 g/mol. The summed E-state index contributed by atoms with van der Waals surface area (Å²) in [6.07, 6.45) is 2.61. The van der Waals surface area contributed by atoms with Gasteiger partial charge in [0.05, 0.1) is 11.5 Å². The topological polar surface area (TPSA) is 97.4 Å². The van der Waals surface area contributed by atoms with E-state index in [1.165, 1.54) is 0 Å². The van der Waals surface area contributed by atoms with E-state index in [0.717, 1.165) is 11.4 Å². The third kappa shape index (κ3) is 3.45. The largest absolute Gasteiger partial charge is 0.481 e. The third-order valence-corrected chi connectivity index (χ3v) is 4.93. The van der Waals surface area contributed by atoms with Gasteiger partial charge in [-0.25, -0.2) is 0 Å². The van der Waals surface area contributed by atoms with Gasteiger partial charge in [-0.2, -0.15) is 0 Å². The van der Waals surface area contributed by atoms with Crippen molar-refractivity contribution in [1.29, 1.82) is 0 Å². The third-order valence-electron chi connectivity index (χ3n) is 4.93. The summed E-state index contributed by atoms with van der Waals surface area (Å²) in [7, 11) is 0. The number of nitrogens with zero attached hydrogens (tertiary/aromatic N) is 2. The number of aromatic nitrogens is 2. The van der Waals surface area contributed by atoms with Crippen molar-refractivity contribution in [2.24, 2.45) is 5.92 Å². The highest BCUT2D eigenvalue weighted by atomic mass is 16.5. The maximum absolute atomic E-state index is 12.7. The number of carboxylic acid groups (broad SMARTS) is 1. The van der Waals surface area contributed by atoms with Gasteiger partial charge in [-0.1, -0.05) is 5.16 Å². The molecule has 2 N–H and O–H groups in total. The molecule has 7 nitrogen and oxygen atoms in total. The van der Waals surface area contributed by atoms with Gasteiger partial charge in [-0.05, 0) is 52.5 Å². The number of amides is 1. The first kappa shape index (κ1) is 17.3. The molecule has 0 bridgehead atoms. The van der Waals surface area contributed by atoms with Gasteiger partial charge in [0, 0.05) is 23.5 Å². The first-order valence-corrected chi connectivity index (χ1v) is 8.53. The summed E-state index contributed by atoms with van der Waals surface area (Å²) in [5, 5.41) is 16.1. The SMILES string of the molecule is Cc1cc(-n2c(C)cc(C(=O)NC3CCC(C(=O)O)CC3)c2C)no1. The Morgan fingerprint density at radius 1 is 1.20 bits per heavy atom. The Balaban J connectivity index is 1.72. The summed E-state index contributed by atoms with van der Waals surface area (Å²) in [5.41, 5.74) is 2.33. The molecule has 0 saturated heterocycles. The Bertz CT molecular complexity index is 797. The van der Waals surface area contributed by atoms with Crippen LogP contribution >= 0.6 is 0 Å². The van der Waals surface area contributed by atoms with Crippen LogP contribution in [0.15, 0.2) is 16.7 Å². The summed E-state index contributed by atoms with van der Waals surface area (Å²) in [6, 6.07) is 3.70. The Morgan fingerprint density at radius 3 is 2.44 bits per heavy atom. The number of carboxylic acids is 1. The van der Waals surface area contributed by atoms with E-state index in [0.29, 0.717) is 42.8 Å². The molecule has 0 spiro atoms. The highest BCUT2D eigenvalue weighted by Crippen LogP contribution is 2.25. The molecule has 2 aromatic rings. The maximum atomic E-state index is 12.7. The van der Waals surface area contributed by atoms with Crippen LogP contribution in [0.25, 0.3) is 5.82 Å². The smallest absolute Gasteiger partial charge is 0.306 e. The van der Waals surface area contributed by atoms with E-state index in [2.05, 4.69) is 10.5 Å². The van der Waals surface area contributed by atoms with Gasteiger partial charge in [0.1, 0.15) is 5.76 Å². The zero-order chi connectivity index (χ0) is 18.1. The van der Waals surface area contributed by atoms with E-state index in [-0.39, 0.29) is 17.9 Å². The minimum Gasteiger partial charge on any atom is -0.481 e. The Morgan fingerprint density at radius 2 is 1.88 bits per heavy atom. The van der Waals surface area contributed by atoms with Crippen molar-refractivity contribution in [3.8, 4) is 5.82 Å². The Hall–Kier alpha value is -2.57. The summed E-state index contributed by atoms with van der Waals surface area (Å²) < 4.78 is 7.03. The molecule has 25 heavy (non-hydrogen) atoms. The van der Waals surface area contributed by atoms with Gasteiger partial charge < -0.3 is 14.9 Å². The lowest BCUT2D eigenvalue weighted by atomic mass is 9.86. The van der Waals surface area contributed by atoms with E-state index in [9.17, 15) is 9.59 Å². The minimum atomic E-state index is -0.740. The number of carbonyl (C=O) groups excluding carboxylic acids is 1. The van der Waals surface area contributed by atoms with Crippen LogP contribution in [0.2, 0.25) is 0 Å². The fourth-order valence-electron chi connectivity index (χ4n) is 3.55. The summed E-state index contributed by atoms with van der Waals surface area (Å²) >= 11 is 0. The molecule has 1 aliphatic carbocycles. The van der Waals surface area contributed by atoms with E-state index in [4.69, 9.17) is 9.63 Å². The lowest BCUT2D eigenvalue weighted by Gasteiger charge is -2.26. The molecule has 134 valence electrons. The highest BCUT2D eigenvalue weighted by molar-refractivity contribution is 5.96. The molecule has 7 heteroatoms. The van der Waals surface area contributed by atoms with Gasteiger partial charge in [0.15, 0.2) is 5.82 Å². The van der Waals surface area contributed by atoms with Crippen molar-refractivity contribution in [2.45, 2.75) is 52.5 Å². The second-order valence-corrected chi connectivity index (χ2v) is 6.78. The molecular formula is C18H23N3O4. The molecular weight excluding hydrogens is 322 g/mol. The predicted molar refractivity (Wildman–Crippen MR) is 90.9 cm³/mol. The van der Waals surface area contributed by atoms with Gasteiger partial charge in [0.2, 0.25) is 0 Å². The first-order chi connectivity index (χ1) is 11.9. The second kappa shape index (κ2) is 6.74. The van der Waals surface area contributed by atoms with Crippen molar-refractivity contribution in [3.05, 3.63) is 34.8 Å². The monoisotopic (exact) mass is 345 g/mol. The van der Waals surface area contributed by atoms with Crippen molar-refractivity contribution in [3.63, 3.8) is 0 Å². The van der Waals surface area contributed by atoms with Crippen LogP contribution in [0.1, 0.15) is 53.2 Å². The summed E-state index contributed by atoms with van der Waals surface area (Å²) in [6.45, 7) is 5.63. The quantitative estimate of drug-likeness (QED) is 0.888. The molecule has 0 unspecified atom stereocenters. The summed E-state index contributed by atoms with van der Waals surface area (Å²) in [5.74, 6) is 0.223. The molecule has 0 radical (unpaired) electrons. The average Bonchev–Trinajstić information content (AvgIpc) is 3.11. The van der Waals surface area contributed by atoms with Crippen molar-refractivity contribution >= 4 is 11.9 Å². The van der Waals surface area contributed by atoms with Crippen molar-refractivity contribution in [1.82, 2.24) is 15.0 Å². The fraction of sp³-hybridized carbons (Fsp3) is 0.500. The standard InChI is InChI=1S/C18H23N3O4/c1-10-8-15(12(3)21(10)16-9-11(2)25-20-16)17(22)19-14-6-4-13(5-7-14)18(23)24/h8-9,13-14H,4-7H2,1-3H3,(H,19,22)(H,23,24). The van der Waals surface area contributed by atoms with Crippen LogP contribution in [-0.2, 0) is 4.79 Å². The van der Waals surface area contributed by atoms with Crippen LogP contribution in [0.3, 0.4) is 0 Å². The Kier molecular flexibility index (Phi) is 4.65. The molecule has 2 aromatic heterocycles. The molecule has 1 saturated carbocycles.